The maximum atomic E-state index is 14.1. The lowest BCUT2D eigenvalue weighted by Crippen LogP contribution is -2.71. The third-order valence-corrected chi connectivity index (χ3v) is 9.52. The van der Waals surface area contributed by atoms with Crippen molar-refractivity contribution in [3.05, 3.63) is 35.8 Å². The Kier molecular flexibility index (Phi) is 12.0. The molecule has 0 bridgehead atoms. The van der Waals surface area contributed by atoms with Gasteiger partial charge < -0.3 is 38.6 Å². The molecule has 2 aliphatic rings. The number of amides is 2. The molecule has 6 atom stereocenters. The van der Waals surface area contributed by atoms with Crippen LogP contribution in [-0.4, -0.2) is 135 Å². The van der Waals surface area contributed by atoms with Gasteiger partial charge in [0.05, 0.1) is 26.4 Å². The van der Waals surface area contributed by atoms with Gasteiger partial charge in [0.25, 0.3) is 0 Å². The summed E-state index contributed by atoms with van der Waals surface area (Å²) in [7, 11) is 2.64. The number of thioether (sulfide) groups is 1. The Morgan fingerprint density at radius 1 is 1.06 bits per heavy atom. The van der Waals surface area contributed by atoms with E-state index in [2.05, 4.69) is 10.3 Å². The predicted molar refractivity (Wildman–Crippen MR) is 164 cm³/mol. The van der Waals surface area contributed by atoms with Gasteiger partial charge in [-0.15, -0.1) is 16.9 Å². The summed E-state index contributed by atoms with van der Waals surface area (Å²) in [6.45, 7) is 4.06. The first-order valence-electron chi connectivity index (χ1n) is 15.1. The van der Waals surface area contributed by atoms with Gasteiger partial charge in [0.2, 0.25) is 5.91 Å². The van der Waals surface area contributed by atoms with Crippen molar-refractivity contribution < 1.29 is 65.9 Å². The van der Waals surface area contributed by atoms with Gasteiger partial charge in [-0.05, 0) is 19.1 Å². The summed E-state index contributed by atoms with van der Waals surface area (Å²) in [4.78, 5) is 65.2. The molecule has 0 saturated carbocycles. The van der Waals surface area contributed by atoms with Gasteiger partial charge in [-0.2, -0.15) is 0 Å². The minimum Gasteiger partial charge on any atom is -0.463 e. The molecular weight excluding hydrogens is 695 g/mol. The summed E-state index contributed by atoms with van der Waals surface area (Å²) < 4.78 is 70.5. The van der Waals surface area contributed by atoms with Crippen LogP contribution in [0.15, 0.2) is 18.3 Å². The number of methoxy groups -OCH3 is 1. The predicted octanol–water partition coefficient (Wildman–Crippen LogP) is 1.45. The first-order chi connectivity index (χ1) is 23.5. The normalized spacial score (nSPS) is 23.2. The maximum Gasteiger partial charge on any atom is 0.409 e. The molecule has 2 amide bonds. The zero-order valence-corrected chi connectivity index (χ0v) is 28.6. The Morgan fingerprint density at radius 3 is 2.20 bits per heavy atom. The first-order valence-corrected chi connectivity index (χ1v) is 16.1. The van der Waals surface area contributed by atoms with Crippen LogP contribution in [0.2, 0.25) is 0 Å². The SMILES string of the molecule is CCN(C)C(=O)[C@@H](S[C@@H]1O[C@H](COC(C)=O)[C@H](OC(C)=O)[C@H](n2cc(-c3cc(F)c(F)c(F)c3)nn2)[C@H]1OC(C)=O)C1(O)CN(C(=O)OC)C1. The number of carbonyl (C=O) groups excluding carboxylic acids is 5. The largest absolute Gasteiger partial charge is 0.463 e. The van der Waals surface area contributed by atoms with Gasteiger partial charge in [-0.25, -0.2) is 22.6 Å². The second-order valence-corrected chi connectivity index (χ2v) is 12.8. The van der Waals surface area contributed by atoms with Crippen molar-refractivity contribution in [2.75, 3.05) is 40.4 Å². The van der Waals surface area contributed by atoms with Crippen molar-refractivity contribution >= 4 is 41.7 Å². The fraction of sp³-hybridized carbons (Fsp3) is 0.567. The summed E-state index contributed by atoms with van der Waals surface area (Å²) in [5.74, 6) is -7.70. The average Bonchev–Trinajstić information content (AvgIpc) is 3.52. The average molecular weight is 732 g/mol. The van der Waals surface area contributed by atoms with Gasteiger partial charge in [0.1, 0.15) is 40.7 Å². The minimum atomic E-state index is -1.83. The molecule has 16 nitrogen and oxygen atoms in total. The molecule has 0 aliphatic carbocycles. The number of carbonyl (C=O) groups is 5. The number of benzene rings is 1. The smallest absolute Gasteiger partial charge is 0.409 e. The van der Waals surface area contributed by atoms with Crippen LogP contribution in [-0.2, 0) is 42.9 Å². The van der Waals surface area contributed by atoms with Crippen LogP contribution in [0, 0.1) is 17.5 Å². The van der Waals surface area contributed by atoms with E-state index in [1.165, 1.54) is 23.0 Å². The molecule has 2 aromatic rings. The maximum absolute atomic E-state index is 14.1. The molecule has 4 rings (SSSR count). The quantitative estimate of drug-likeness (QED) is 0.199. The van der Waals surface area contributed by atoms with Gasteiger partial charge in [0, 0.05) is 39.9 Å². The number of esters is 3. The number of nitrogens with zero attached hydrogens (tertiary/aromatic N) is 5. The minimum absolute atomic E-state index is 0.164. The van der Waals surface area contributed by atoms with E-state index in [1.807, 2.05) is 0 Å². The highest BCUT2D eigenvalue weighted by molar-refractivity contribution is 8.01. The van der Waals surface area contributed by atoms with Crippen molar-refractivity contribution in [2.24, 2.45) is 0 Å². The zero-order chi connectivity index (χ0) is 37.1. The monoisotopic (exact) mass is 731 g/mol. The van der Waals surface area contributed by atoms with E-state index in [9.17, 15) is 42.3 Å². The van der Waals surface area contributed by atoms with Crippen molar-refractivity contribution in [3.8, 4) is 11.3 Å². The third kappa shape index (κ3) is 8.29. The number of rotatable bonds is 11. The van der Waals surface area contributed by atoms with Crippen molar-refractivity contribution in [1.82, 2.24) is 24.8 Å². The number of ether oxygens (including phenoxy) is 5. The molecule has 20 heteroatoms. The van der Waals surface area contributed by atoms with E-state index in [0.29, 0.717) is 12.1 Å². The summed E-state index contributed by atoms with van der Waals surface area (Å²) in [5, 5.41) is 18.3. The van der Waals surface area contributed by atoms with Crippen LogP contribution >= 0.6 is 11.8 Å². The zero-order valence-electron chi connectivity index (χ0n) is 27.8. The number of hydrogen-bond donors (Lipinski definition) is 1. The first kappa shape index (κ1) is 38.4. The summed E-state index contributed by atoms with van der Waals surface area (Å²) in [6, 6.07) is 0.000456. The molecule has 0 unspecified atom stereocenters. The fourth-order valence-corrected chi connectivity index (χ4v) is 7.04. The van der Waals surface area contributed by atoms with E-state index in [0.717, 1.165) is 44.3 Å². The number of β-amino-alcohol motifs (C(OH)–C–C–N with tert-alkyl or cyclic N) is 1. The van der Waals surface area contributed by atoms with E-state index in [1.54, 1.807) is 6.92 Å². The Bertz CT molecular complexity index is 1600. The van der Waals surface area contributed by atoms with Crippen LogP contribution < -0.4 is 0 Å². The standard InChI is InChI=1S/C30H36F3N5O11S/c1-7-36(5)27(42)26(30(44)12-37(13-30)29(43)45-6)50-28-25(48-16(4)41)23(24(47-15(3)40)21(49-28)11-46-14(2)39)38-10-20(34-35-38)17-8-18(31)22(33)19(32)9-17/h8-10,21,23-26,28,44H,7,11-13H2,1-6H3/t21-,23+,24+,25-,26-,28+/m1/s1. The van der Waals surface area contributed by atoms with Crippen LogP contribution in [0.5, 0.6) is 0 Å². The topological polar surface area (TPSA) is 189 Å². The Hall–Kier alpha value is -4.43. The van der Waals surface area contributed by atoms with Crippen LogP contribution in [0.3, 0.4) is 0 Å². The van der Waals surface area contributed by atoms with E-state index in [4.69, 9.17) is 23.7 Å². The molecule has 274 valence electrons. The molecular formula is C30H36F3N5O11S. The molecule has 3 heterocycles. The van der Waals surface area contributed by atoms with E-state index < -0.39 is 94.6 Å². The van der Waals surface area contributed by atoms with Crippen LogP contribution in [0.25, 0.3) is 11.3 Å². The number of aliphatic hydroxyl groups is 1. The molecule has 0 spiro atoms. The lowest BCUT2D eigenvalue weighted by Gasteiger charge is -2.51. The number of hydrogen-bond acceptors (Lipinski definition) is 14. The molecule has 50 heavy (non-hydrogen) atoms. The number of halogens is 3. The summed E-state index contributed by atoms with van der Waals surface area (Å²) >= 11 is 0.735. The van der Waals surface area contributed by atoms with E-state index >= 15 is 0 Å². The Morgan fingerprint density at radius 2 is 1.66 bits per heavy atom. The lowest BCUT2D eigenvalue weighted by atomic mass is 9.89. The Balaban J connectivity index is 1.84. The van der Waals surface area contributed by atoms with Crippen LogP contribution in [0.4, 0.5) is 18.0 Å². The highest BCUT2D eigenvalue weighted by atomic mass is 32.2. The summed E-state index contributed by atoms with van der Waals surface area (Å²) in [6.07, 6.45) is -3.81. The molecule has 1 N–H and O–H groups in total. The van der Waals surface area contributed by atoms with E-state index in [-0.39, 0.29) is 30.9 Å². The fourth-order valence-electron chi connectivity index (χ4n) is 5.50. The second kappa shape index (κ2) is 15.6. The van der Waals surface area contributed by atoms with Crippen LogP contribution in [0.1, 0.15) is 33.7 Å². The second-order valence-electron chi connectivity index (χ2n) is 11.6. The molecule has 2 saturated heterocycles. The highest BCUT2D eigenvalue weighted by Crippen LogP contribution is 2.44. The van der Waals surface area contributed by atoms with Gasteiger partial charge in [-0.1, -0.05) is 5.21 Å². The highest BCUT2D eigenvalue weighted by Gasteiger charge is 2.58. The third-order valence-electron chi connectivity index (χ3n) is 7.96. The summed E-state index contributed by atoms with van der Waals surface area (Å²) in [5.41, 5.74) is -3.60. The van der Waals surface area contributed by atoms with Crippen molar-refractivity contribution in [3.63, 3.8) is 0 Å². The van der Waals surface area contributed by atoms with Gasteiger partial charge in [-0.3, -0.25) is 19.2 Å². The number of aromatic nitrogens is 3. The molecule has 2 fully saturated rings. The lowest BCUT2D eigenvalue weighted by molar-refractivity contribution is -0.212. The number of likely N-dealkylation sites (tertiary alicyclic amines) is 1. The molecule has 0 radical (unpaired) electrons. The van der Waals surface area contributed by atoms with Gasteiger partial charge >= 0.3 is 24.0 Å². The molecule has 2 aliphatic heterocycles. The van der Waals surface area contributed by atoms with Crippen molar-refractivity contribution in [1.29, 1.82) is 0 Å². The molecule has 1 aromatic carbocycles. The van der Waals surface area contributed by atoms with Crippen molar-refractivity contribution in [2.45, 2.75) is 68.3 Å². The Labute approximate surface area is 288 Å². The van der Waals surface area contributed by atoms with Gasteiger partial charge in [0.15, 0.2) is 29.7 Å². The molecule has 1 aromatic heterocycles.